The van der Waals surface area contributed by atoms with Gasteiger partial charge in [-0.2, -0.15) is 0 Å². The molecule has 0 spiro atoms. The molecule has 1 aromatic heterocycles. The van der Waals surface area contributed by atoms with E-state index in [0.29, 0.717) is 11.2 Å². The number of esters is 2. The molecule has 0 saturated heterocycles. The molecule has 25 heavy (non-hydrogen) atoms. The summed E-state index contributed by atoms with van der Waals surface area (Å²) in [7, 11) is 2.45. The van der Waals surface area contributed by atoms with E-state index in [1.54, 1.807) is 18.2 Å². The predicted molar refractivity (Wildman–Crippen MR) is 88.9 cm³/mol. The average molecular weight is 344 g/mol. The topological polar surface area (TPSA) is 97.9 Å². The Kier molecular flexibility index (Phi) is 4.53. The van der Waals surface area contributed by atoms with Crippen molar-refractivity contribution in [3.8, 4) is 0 Å². The number of nitrogens with one attached hydrogen (secondary N) is 1. The number of ether oxygens (including phenoxy) is 3. The number of hydrogen-bond acceptors (Lipinski definition) is 7. The summed E-state index contributed by atoms with van der Waals surface area (Å²) in [5.74, 6) is -1.38. The fourth-order valence-corrected chi connectivity index (χ4v) is 2.72. The van der Waals surface area contributed by atoms with Crippen LogP contribution in [0.4, 0.5) is 5.69 Å². The number of pyridine rings is 1. The van der Waals surface area contributed by atoms with Gasteiger partial charge in [-0.1, -0.05) is 12.1 Å². The summed E-state index contributed by atoms with van der Waals surface area (Å²) >= 11 is 0. The number of benzene rings is 1. The molecule has 2 heterocycles. The number of aromatic amines is 1. The zero-order valence-corrected chi connectivity index (χ0v) is 13.7. The second-order valence-electron chi connectivity index (χ2n) is 5.28. The van der Waals surface area contributed by atoms with Gasteiger partial charge in [0.1, 0.15) is 12.4 Å². The van der Waals surface area contributed by atoms with Crippen LogP contribution in [0.2, 0.25) is 0 Å². The van der Waals surface area contributed by atoms with Crippen molar-refractivity contribution in [2.45, 2.75) is 0 Å². The SMILES string of the molecule is COC(=O)C1=C(C(=O)OC)N(c2cccc3ccc(=O)[nH]c23)COC1. The van der Waals surface area contributed by atoms with Gasteiger partial charge in [-0.3, -0.25) is 4.79 Å². The number of para-hydroxylation sites is 1. The zero-order chi connectivity index (χ0) is 18.0. The van der Waals surface area contributed by atoms with Crippen LogP contribution >= 0.6 is 0 Å². The Balaban J connectivity index is 2.24. The number of methoxy groups -OCH3 is 2. The number of rotatable bonds is 3. The van der Waals surface area contributed by atoms with Gasteiger partial charge in [0.25, 0.3) is 0 Å². The maximum absolute atomic E-state index is 12.3. The Morgan fingerprint density at radius 2 is 1.88 bits per heavy atom. The molecule has 0 amide bonds. The number of H-pyrrole nitrogens is 1. The highest BCUT2D eigenvalue weighted by Crippen LogP contribution is 2.31. The minimum Gasteiger partial charge on any atom is -0.466 e. The van der Waals surface area contributed by atoms with E-state index in [1.165, 1.54) is 25.2 Å². The molecule has 1 aliphatic rings. The largest absolute Gasteiger partial charge is 0.466 e. The first-order chi connectivity index (χ1) is 12.1. The van der Waals surface area contributed by atoms with Crippen LogP contribution in [0.25, 0.3) is 10.9 Å². The van der Waals surface area contributed by atoms with Gasteiger partial charge in [0.15, 0.2) is 0 Å². The van der Waals surface area contributed by atoms with Gasteiger partial charge >= 0.3 is 11.9 Å². The summed E-state index contributed by atoms with van der Waals surface area (Å²) < 4.78 is 15.0. The molecule has 1 N–H and O–H groups in total. The third-order valence-electron chi connectivity index (χ3n) is 3.86. The van der Waals surface area contributed by atoms with E-state index in [0.717, 1.165) is 5.39 Å². The number of carbonyl (C=O) groups excluding carboxylic acids is 2. The average Bonchev–Trinajstić information content (AvgIpc) is 2.65. The van der Waals surface area contributed by atoms with Gasteiger partial charge in [0, 0.05) is 11.5 Å². The standard InChI is InChI=1S/C17H16N2O6/c1-23-16(21)11-8-25-9-19(15(11)17(22)24-2)12-5-3-4-10-6-7-13(20)18-14(10)12/h3-7H,8-9H2,1-2H3,(H,18,20). The minimum atomic E-state index is -0.695. The van der Waals surface area contributed by atoms with Crippen LogP contribution in [-0.2, 0) is 23.8 Å². The lowest BCUT2D eigenvalue weighted by molar-refractivity contribution is -0.140. The maximum Gasteiger partial charge on any atom is 0.355 e. The number of nitrogens with zero attached hydrogens (tertiary/aromatic N) is 1. The van der Waals surface area contributed by atoms with Gasteiger partial charge in [0.2, 0.25) is 5.56 Å². The molecule has 0 fully saturated rings. The third-order valence-corrected chi connectivity index (χ3v) is 3.86. The Bertz CT molecular complexity index is 930. The summed E-state index contributed by atoms with van der Waals surface area (Å²) in [4.78, 5) is 40.3. The van der Waals surface area contributed by atoms with E-state index < -0.39 is 11.9 Å². The van der Waals surface area contributed by atoms with Crippen LogP contribution in [-0.4, -0.2) is 44.5 Å². The van der Waals surface area contributed by atoms with Crippen LogP contribution in [0.5, 0.6) is 0 Å². The molecule has 8 nitrogen and oxygen atoms in total. The summed E-state index contributed by atoms with van der Waals surface area (Å²) in [6.45, 7) is -0.0597. The lowest BCUT2D eigenvalue weighted by Gasteiger charge is -2.31. The van der Waals surface area contributed by atoms with Gasteiger partial charge in [-0.25, -0.2) is 9.59 Å². The summed E-state index contributed by atoms with van der Waals surface area (Å²) in [6, 6.07) is 8.39. The molecular weight excluding hydrogens is 328 g/mol. The molecule has 0 atom stereocenters. The van der Waals surface area contributed by atoms with E-state index in [4.69, 9.17) is 14.2 Å². The number of anilines is 1. The van der Waals surface area contributed by atoms with Crippen molar-refractivity contribution in [1.29, 1.82) is 0 Å². The van der Waals surface area contributed by atoms with Crippen LogP contribution < -0.4 is 10.5 Å². The highest BCUT2D eigenvalue weighted by molar-refractivity contribution is 6.05. The van der Waals surface area contributed by atoms with Crippen LogP contribution in [0.1, 0.15) is 0 Å². The van der Waals surface area contributed by atoms with Crippen LogP contribution in [0, 0.1) is 0 Å². The molecule has 0 unspecified atom stereocenters. The predicted octanol–water partition coefficient (Wildman–Crippen LogP) is 0.922. The van der Waals surface area contributed by atoms with E-state index in [2.05, 4.69) is 4.98 Å². The summed E-state index contributed by atoms with van der Waals surface area (Å²) in [5.41, 5.74) is 0.825. The molecular formula is C17H16N2O6. The first-order valence-electron chi connectivity index (χ1n) is 7.44. The Morgan fingerprint density at radius 1 is 1.12 bits per heavy atom. The Hall–Kier alpha value is -3.13. The lowest BCUT2D eigenvalue weighted by atomic mass is 10.1. The highest BCUT2D eigenvalue weighted by Gasteiger charge is 2.33. The first kappa shape index (κ1) is 16.7. The van der Waals surface area contributed by atoms with E-state index >= 15 is 0 Å². The van der Waals surface area contributed by atoms with E-state index in [-0.39, 0.29) is 30.2 Å². The monoisotopic (exact) mass is 344 g/mol. The van der Waals surface area contributed by atoms with E-state index in [1.807, 2.05) is 6.07 Å². The van der Waals surface area contributed by atoms with Crippen molar-refractivity contribution < 1.29 is 23.8 Å². The highest BCUT2D eigenvalue weighted by atomic mass is 16.5. The molecule has 0 aliphatic carbocycles. The Labute approximate surface area is 142 Å². The van der Waals surface area contributed by atoms with Crippen LogP contribution in [0.15, 0.2) is 46.4 Å². The van der Waals surface area contributed by atoms with Crippen molar-refractivity contribution in [2.75, 3.05) is 32.5 Å². The normalized spacial score (nSPS) is 14.6. The summed E-state index contributed by atoms with van der Waals surface area (Å²) in [5, 5.41) is 0.770. The maximum atomic E-state index is 12.3. The van der Waals surface area contributed by atoms with Crippen molar-refractivity contribution in [3.63, 3.8) is 0 Å². The molecule has 1 aromatic carbocycles. The Morgan fingerprint density at radius 3 is 2.60 bits per heavy atom. The van der Waals surface area contributed by atoms with Gasteiger partial charge in [0.05, 0.1) is 37.6 Å². The quantitative estimate of drug-likeness (QED) is 0.827. The number of hydrogen-bond donors (Lipinski definition) is 1. The second kappa shape index (κ2) is 6.78. The van der Waals surface area contributed by atoms with Crippen molar-refractivity contribution >= 4 is 28.5 Å². The zero-order valence-electron chi connectivity index (χ0n) is 13.7. The minimum absolute atomic E-state index is 0.0148. The fourth-order valence-electron chi connectivity index (χ4n) is 2.72. The molecule has 0 bridgehead atoms. The molecule has 130 valence electrons. The fraction of sp³-hybridized carbons (Fsp3) is 0.235. The smallest absolute Gasteiger partial charge is 0.355 e. The molecule has 1 aliphatic heterocycles. The van der Waals surface area contributed by atoms with Gasteiger partial charge in [-0.05, 0) is 12.1 Å². The van der Waals surface area contributed by atoms with Crippen molar-refractivity contribution in [2.24, 2.45) is 0 Å². The molecule has 8 heteroatoms. The molecule has 0 saturated carbocycles. The molecule has 2 aromatic rings. The first-order valence-corrected chi connectivity index (χ1v) is 7.44. The van der Waals surface area contributed by atoms with E-state index in [9.17, 15) is 14.4 Å². The van der Waals surface area contributed by atoms with Crippen LogP contribution in [0.3, 0.4) is 0 Å². The summed E-state index contributed by atoms with van der Waals surface area (Å²) in [6.07, 6.45) is 0. The number of aromatic nitrogens is 1. The lowest BCUT2D eigenvalue weighted by Crippen LogP contribution is -2.39. The van der Waals surface area contributed by atoms with Crippen molar-refractivity contribution in [1.82, 2.24) is 4.98 Å². The van der Waals surface area contributed by atoms with Crippen molar-refractivity contribution in [3.05, 3.63) is 52.0 Å². The van der Waals surface area contributed by atoms with Gasteiger partial charge < -0.3 is 24.1 Å². The second-order valence-corrected chi connectivity index (χ2v) is 5.28. The molecule has 0 radical (unpaired) electrons. The van der Waals surface area contributed by atoms with Gasteiger partial charge in [-0.15, -0.1) is 0 Å². The number of fused-ring (bicyclic) bond motifs is 1. The molecule has 3 rings (SSSR count). The number of carbonyl (C=O) groups is 2. The third kappa shape index (κ3) is 2.99.